The minimum absolute atomic E-state index is 0.494. The molecule has 0 radical (unpaired) electrons. The minimum atomic E-state index is 0.494. The van der Waals surface area contributed by atoms with E-state index in [1.807, 2.05) is 0 Å². The summed E-state index contributed by atoms with van der Waals surface area (Å²) in [4.78, 5) is 10.5. The van der Waals surface area contributed by atoms with Crippen LogP contribution in [0, 0.1) is 11.8 Å². The van der Waals surface area contributed by atoms with Crippen molar-refractivity contribution in [3.63, 3.8) is 0 Å². The summed E-state index contributed by atoms with van der Waals surface area (Å²) in [5, 5.41) is 0. The Morgan fingerprint density at radius 2 is 1.61 bits per heavy atom. The largest absolute Gasteiger partial charge is 0.303 e. The Morgan fingerprint density at radius 1 is 1.00 bits per heavy atom. The van der Waals surface area contributed by atoms with Crippen LogP contribution in [0.4, 0.5) is 0 Å². The van der Waals surface area contributed by atoms with Gasteiger partial charge in [-0.15, -0.1) is 0 Å². The molecule has 0 spiro atoms. The minimum Gasteiger partial charge on any atom is -0.303 e. The van der Waals surface area contributed by atoms with E-state index in [0.29, 0.717) is 18.3 Å². The van der Waals surface area contributed by atoms with Crippen LogP contribution < -0.4 is 0 Å². The van der Waals surface area contributed by atoms with E-state index in [0.717, 1.165) is 32.0 Å². The molecule has 0 aliphatic rings. The average molecular weight is 250 g/mol. The molecule has 0 saturated carbocycles. The van der Waals surface area contributed by atoms with Crippen LogP contribution in [0.3, 0.4) is 0 Å². The van der Waals surface area contributed by atoms with Crippen molar-refractivity contribution >= 4 is 6.29 Å². The molecule has 0 aromatic rings. The summed E-state index contributed by atoms with van der Waals surface area (Å²) >= 11 is 0. The summed E-state index contributed by atoms with van der Waals surface area (Å²) in [5.74, 6) is 1.09. The maximum Gasteiger partial charge on any atom is 0.120 e. The van der Waals surface area contributed by atoms with Crippen molar-refractivity contribution in [1.82, 2.24) is 0 Å². The van der Waals surface area contributed by atoms with Gasteiger partial charge in [-0.2, -0.15) is 0 Å². The van der Waals surface area contributed by atoms with Crippen molar-refractivity contribution in [2.45, 2.75) is 66.7 Å². The summed E-state index contributed by atoms with van der Waals surface area (Å²) in [6.07, 6.45) is 11.0. The van der Waals surface area contributed by atoms with E-state index < -0.39 is 0 Å². The molecule has 0 aliphatic heterocycles. The standard InChI is InChI=1S/C17H30O/c1-6-14(2)8-7-9-15(3)10-11-16(4)17(5)12-13-18/h8,10,13,16-17H,6-7,9,11-12H2,1-5H3/t16-,17+/m1/s1. The van der Waals surface area contributed by atoms with Gasteiger partial charge in [-0.05, 0) is 51.4 Å². The van der Waals surface area contributed by atoms with Crippen molar-refractivity contribution in [2.24, 2.45) is 11.8 Å². The molecule has 0 fully saturated rings. The maximum absolute atomic E-state index is 10.5. The van der Waals surface area contributed by atoms with Gasteiger partial charge in [0.25, 0.3) is 0 Å². The van der Waals surface area contributed by atoms with Gasteiger partial charge in [0.05, 0.1) is 0 Å². The number of carbonyl (C=O) groups is 1. The Kier molecular flexibility index (Phi) is 9.63. The van der Waals surface area contributed by atoms with Crippen LogP contribution in [0.1, 0.15) is 66.7 Å². The van der Waals surface area contributed by atoms with Crippen molar-refractivity contribution in [2.75, 3.05) is 0 Å². The third-order valence-electron chi connectivity index (χ3n) is 3.87. The van der Waals surface area contributed by atoms with Gasteiger partial charge in [-0.3, -0.25) is 0 Å². The van der Waals surface area contributed by atoms with Gasteiger partial charge in [-0.1, -0.05) is 44.1 Å². The molecule has 1 heteroatoms. The van der Waals surface area contributed by atoms with Crippen LogP contribution >= 0.6 is 0 Å². The highest BCUT2D eigenvalue weighted by molar-refractivity contribution is 5.49. The molecule has 1 nitrogen and oxygen atoms in total. The summed E-state index contributed by atoms with van der Waals surface area (Å²) < 4.78 is 0. The zero-order chi connectivity index (χ0) is 14.0. The zero-order valence-electron chi connectivity index (χ0n) is 12.8. The SMILES string of the molecule is CCC(C)=CCCC(C)=CC[C@@H](C)[C@@H](C)CC=O. The molecule has 0 amide bonds. The molecular formula is C17H30O. The monoisotopic (exact) mass is 250 g/mol. The second-order valence-electron chi connectivity index (χ2n) is 5.59. The molecule has 0 N–H and O–H groups in total. The highest BCUT2D eigenvalue weighted by Gasteiger charge is 2.09. The third-order valence-corrected chi connectivity index (χ3v) is 3.87. The van der Waals surface area contributed by atoms with Crippen LogP contribution in [0.2, 0.25) is 0 Å². The lowest BCUT2D eigenvalue weighted by atomic mass is 9.90. The molecule has 0 aliphatic carbocycles. The predicted molar refractivity (Wildman–Crippen MR) is 80.7 cm³/mol. The fourth-order valence-electron chi connectivity index (χ4n) is 1.80. The van der Waals surface area contributed by atoms with E-state index in [1.165, 1.54) is 11.1 Å². The predicted octanol–water partition coefficient (Wildman–Crippen LogP) is 5.32. The van der Waals surface area contributed by atoms with Gasteiger partial charge in [0.15, 0.2) is 0 Å². The highest BCUT2D eigenvalue weighted by atomic mass is 16.1. The molecular weight excluding hydrogens is 220 g/mol. The van der Waals surface area contributed by atoms with E-state index in [4.69, 9.17) is 0 Å². The molecule has 0 heterocycles. The number of rotatable bonds is 9. The van der Waals surface area contributed by atoms with Crippen LogP contribution in [0.15, 0.2) is 23.3 Å². The molecule has 0 aromatic heterocycles. The van der Waals surface area contributed by atoms with E-state index >= 15 is 0 Å². The molecule has 0 bridgehead atoms. The normalized spacial score (nSPS) is 16.5. The van der Waals surface area contributed by atoms with E-state index in [2.05, 4.69) is 46.8 Å². The molecule has 2 atom stereocenters. The van der Waals surface area contributed by atoms with E-state index in [-0.39, 0.29) is 0 Å². The molecule has 0 saturated heterocycles. The number of hydrogen-bond donors (Lipinski definition) is 0. The first-order chi connectivity index (χ1) is 8.51. The fraction of sp³-hybridized carbons (Fsp3) is 0.706. The Morgan fingerprint density at radius 3 is 2.17 bits per heavy atom. The Hall–Kier alpha value is -0.850. The van der Waals surface area contributed by atoms with Crippen molar-refractivity contribution in [3.8, 4) is 0 Å². The van der Waals surface area contributed by atoms with Gasteiger partial charge >= 0.3 is 0 Å². The van der Waals surface area contributed by atoms with Gasteiger partial charge < -0.3 is 4.79 Å². The second kappa shape index (κ2) is 10.1. The van der Waals surface area contributed by atoms with Gasteiger partial charge in [0.1, 0.15) is 6.29 Å². The van der Waals surface area contributed by atoms with Gasteiger partial charge in [-0.25, -0.2) is 0 Å². The van der Waals surface area contributed by atoms with Crippen LogP contribution in [-0.4, -0.2) is 6.29 Å². The summed E-state index contributed by atoms with van der Waals surface area (Å²) in [5.41, 5.74) is 2.95. The molecule has 104 valence electrons. The summed E-state index contributed by atoms with van der Waals surface area (Å²) in [6.45, 7) is 11.0. The quantitative estimate of drug-likeness (QED) is 0.400. The molecule has 18 heavy (non-hydrogen) atoms. The zero-order valence-corrected chi connectivity index (χ0v) is 12.8. The highest BCUT2D eigenvalue weighted by Crippen LogP contribution is 2.19. The van der Waals surface area contributed by atoms with E-state index in [1.54, 1.807) is 0 Å². The lowest BCUT2D eigenvalue weighted by Crippen LogP contribution is -2.07. The van der Waals surface area contributed by atoms with Gasteiger partial charge in [0.2, 0.25) is 0 Å². The van der Waals surface area contributed by atoms with Crippen molar-refractivity contribution in [3.05, 3.63) is 23.3 Å². The van der Waals surface area contributed by atoms with Crippen LogP contribution in [-0.2, 0) is 4.79 Å². The van der Waals surface area contributed by atoms with Crippen LogP contribution in [0.25, 0.3) is 0 Å². The smallest absolute Gasteiger partial charge is 0.120 e. The summed E-state index contributed by atoms with van der Waals surface area (Å²) in [6, 6.07) is 0. The average Bonchev–Trinajstić information content (AvgIpc) is 2.35. The fourth-order valence-corrected chi connectivity index (χ4v) is 1.80. The number of hydrogen-bond acceptors (Lipinski definition) is 1. The first-order valence-electron chi connectivity index (χ1n) is 7.26. The molecule has 0 rings (SSSR count). The Bertz CT molecular complexity index is 286. The molecule has 0 unspecified atom stereocenters. The van der Waals surface area contributed by atoms with Gasteiger partial charge in [0, 0.05) is 6.42 Å². The Labute approximate surface area is 113 Å². The topological polar surface area (TPSA) is 17.1 Å². The lowest BCUT2D eigenvalue weighted by molar-refractivity contribution is -0.108. The Balaban J connectivity index is 4.00. The molecule has 0 aromatic carbocycles. The lowest BCUT2D eigenvalue weighted by Gasteiger charge is -2.15. The maximum atomic E-state index is 10.5. The van der Waals surface area contributed by atoms with E-state index in [9.17, 15) is 4.79 Å². The first-order valence-corrected chi connectivity index (χ1v) is 7.26. The van der Waals surface area contributed by atoms with Crippen LogP contribution in [0.5, 0.6) is 0 Å². The second-order valence-corrected chi connectivity index (χ2v) is 5.59. The summed E-state index contributed by atoms with van der Waals surface area (Å²) in [7, 11) is 0. The first kappa shape index (κ1) is 17.2. The number of aldehydes is 1. The number of carbonyl (C=O) groups excluding carboxylic acids is 1. The number of allylic oxidation sites excluding steroid dienone is 4. The van der Waals surface area contributed by atoms with Crippen molar-refractivity contribution in [1.29, 1.82) is 0 Å². The van der Waals surface area contributed by atoms with Crippen molar-refractivity contribution < 1.29 is 4.79 Å². The third kappa shape index (κ3) is 8.27.